The van der Waals surface area contributed by atoms with Gasteiger partial charge in [-0.3, -0.25) is 11.3 Å². The first-order valence-corrected chi connectivity index (χ1v) is 7.59. The highest BCUT2D eigenvalue weighted by Gasteiger charge is 2.13. The maximum Gasteiger partial charge on any atom is 0.0500 e. The summed E-state index contributed by atoms with van der Waals surface area (Å²) in [7, 11) is 0. The average Bonchev–Trinajstić information content (AvgIpc) is 2.39. The minimum Gasteiger partial charge on any atom is -0.271 e. The van der Waals surface area contributed by atoms with Crippen molar-refractivity contribution in [2.45, 2.75) is 33.2 Å². The SMILES string of the molecule is Cc1cc(C)c(CC(NN)c2ccc(Br)cc2)c(C)c1. The Kier molecular flexibility index (Phi) is 4.97. The van der Waals surface area contributed by atoms with Crippen LogP contribution in [0.4, 0.5) is 0 Å². The number of nitrogens with two attached hydrogens (primary N) is 1. The molecule has 0 aliphatic carbocycles. The van der Waals surface area contributed by atoms with Gasteiger partial charge in [-0.2, -0.15) is 0 Å². The van der Waals surface area contributed by atoms with Crippen LogP contribution in [0.5, 0.6) is 0 Å². The molecule has 0 fully saturated rings. The van der Waals surface area contributed by atoms with Gasteiger partial charge in [0.2, 0.25) is 0 Å². The monoisotopic (exact) mass is 332 g/mol. The fraction of sp³-hybridized carbons (Fsp3) is 0.294. The second kappa shape index (κ2) is 6.53. The zero-order valence-electron chi connectivity index (χ0n) is 12.2. The Balaban J connectivity index is 2.29. The van der Waals surface area contributed by atoms with Gasteiger partial charge < -0.3 is 0 Å². The van der Waals surface area contributed by atoms with Crippen molar-refractivity contribution in [3.8, 4) is 0 Å². The smallest absolute Gasteiger partial charge is 0.0500 e. The van der Waals surface area contributed by atoms with Gasteiger partial charge in [0.05, 0.1) is 0 Å². The maximum absolute atomic E-state index is 5.76. The van der Waals surface area contributed by atoms with Crippen LogP contribution in [0.3, 0.4) is 0 Å². The number of benzene rings is 2. The quantitative estimate of drug-likeness (QED) is 0.652. The van der Waals surface area contributed by atoms with Gasteiger partial charge in [0.1, 0.15) is 0 Å². The van der Waals surface area contributed by atoms with Crippen LogP contribution in [-0.4, -0.2) is 0 Å². The minimum atomic E-state index is 0.128. The van der Waals surface area contributed by atoms with E-state index in [0.29, 0.717) is 0 Å². The van der Waals surface area contributed by atoms with Crippen LogP contribution in [0.25, 0.3) is 0 Å². The maximum atomic E-state index is 5.76. The predicted molar refractivity (Wildman–Crippen MR) is 88.6 cm³/mol. The number of halogens is 1. The normalized spacial score (nSPS) is 12.4. The molecule has 1 atom stereocenters. The van der Waals surface area contributed by atoms with Crippen molar-refractivity contribution in [1.82, 2.24) is 5.43 Å². The van der Waals surface area contributed by atoms with Crippen LogP contribution in [0.15, 0.2) is 40.9 Å². The van der Waals surface area contributed by atoms with Crippen LogP contribution in [0.2, 0.25) is 0 Å². The van der Waals surface area contributed by atoms with Gasteiger partial charge in [-0.05, 0) is 61.6 Å². The lowest BCUT2D eigenvalue weighted by atomic mass is 9.92. The van der Waals surface area contributed by atoms with E-state index in [9.17, 15) is 0 Å². The standard InChI is InChI=1S/C17H21BrN2/c1-11-8-12(2)16(13(3)9-11)10-17(20-19)14-4-6-15(18)7-5-14/h4-9,17,20H,10,19H2,1-3H3. The predicted octanol–water partition coefficient (Wildman–Crippen LogP) is 4.12. The molecule has 0 bridgehead atoms. The number of hydrogen-bond donors (Lipinski definition) is 2. The van der Waals surface area contributed by atoms with Crippen LogP contribution in [0, 0.1) is 20.8 Å². The summed E-state index contributed by atoms with van der Waals surface area (Å²) < 4.78 is 1.08. The van der Waals surface area contributed by atoms with Crippen LogP contribution in [-0.2, 0) is 6.42 Å². The largest absolute Gasteiger partial charge is 0.271 e. The van der Waals surface area contributed by atoms with E-state index in [2.05, 4.69) is 78.5 Å². The van der Waals surface area contributed by atoms with Gasteiger partial charge in [0.15, 0.2) is 0 Å². The third-order valence-corrected chi connectivity index (χ3v) is 4.25. The molecular formula is C17H21BrN2. The molecule has 106 valence electrons. The number of nitrogens with one attached hydrogen (secondary N) is 1. The summed E-state index contributed by atoms with van der Waals surface area (Å²) in [6.07, 6.45) is 0.899. The minimum absolute atomic E-state index is 0.128. The van der Waals surface area contributed by atoms with E-state index < -0.39 is 0 Å². The summed E-state index contributed by atoms with van der Waals surface area (Å²) in [5.74, 6) is 5.76. The Bertz CT molecular complexity index is 567. The molecule has 0 heterocycles. The Hall–Kier alpha value is -1.16. The lowest BCUT2D eigenvalue weighted by Gasteiger charge is -2.20. The first kappa shape index (κ1) is 15.2. The highest BCUT2D eigenvalue weighted by Crippen LogP contribution is 2.24. The molecule has 0 saturated carbocycles. The van der Waals surface area contributed by atoms with Gasteiger partial charge in [0.25, 0.3) is 0 Å². The zero-order valence-corrected chi connectivity index (χ0v) is 13.8. The van der Waals surface area contributed by atoms with Gasteiger partial charge in [0, 0.05) is 10.5 Å². The van der Waals surface area contributed by atoms with Crippen LogP contribution < -0.4 is 11.3 Å². The van der Waals surface area contributed by atoms with E-state index in [1.165, 1.54) is 27.8 Å². The Morgan fingerprint density at radius 3 is 2.10 bits per heavy atom. The second-order valence-corrected chi connectivity index (χ2v) is 6.27. The molecule has 3 N–H and O–H groups in total. The van der Waals surface area contributed by atoms with Gasteiger partial charge in [-0.1, -0.05) is 45.8 Å². The molecule has 1 unspecified atom stereocenters. The number of rotatable bonds is 4. The van der Waals surface area contributed by atoms with Crippen molar-refractivity contribution < 1.29 is 0 Å². The van der Waals surface area contributed by atoms with Gasteiger partial charge in [-0.25, -0.2) is 0 Å². The lowest BCUT2D eigenvalue weighted by molar-refractivity contribution is 0.549. The summed E-state index contributed by atoms with van der Waals surface area (Å²) >= 11 is 3.46. The van der Waals surface area contributed by atoms with E-state index >= 15 is 0 Å². The van der Waals surface area contributed by atoms with E-state index in [1.54, 1.807) is 0 Å². The van der Waals surface area contributed by atoms with Crippen molar-refractivity contribution in [2.75, 3.05) is 0 Å². The Morgan fingerprint density at radius 1 is 1.05 bits per heavy atom. The molecule has 0 amide bonds. The van der Waals surface area contributed by atoms with E-state index in [4.69, 9.17) is 5.84 Å². The molecule has 0 aliphatic rings. The number of hydrazine groups is 1. The van der Waals surface area contributed by atoms with Crippen LogP contribution in [0.1, 0.15) is 33.9 Å². The summed E-state index contributed by atoms with van der Waals surface area (Å²) in [5, 5.41) is 0. The van der Waals surface area contributed by atoms with E-state index in [0.717, 1.165) is 10.9 Å². The molecule has 0 spiro atoms. The molecule has 0 aromatic heterocycles. The fourth-order valence-electron chi connectivity index (χ4n) is 2.70. The third kappa shape index (κ3) is 3.48. The van der Waals surface area contributed by atoms with Crippen molar-refractivity contribution in [3.63, 3.8) is 0 Å². The van der Waals surface area contributed by atoms with Crippen molar-refractivity contribution >= 4 is 15.9 Å². The van der Waals surface area contributed by atoms with Crippen LogP contribution >= 0.6 is 15.9 Å². The van der Waals surface area contributed by atoms with Crippen molar-refractivity contribution in [2.24, 2.45) is 5.84 Å². The Labute approximate surface area is 129 Å². The number of hydrogen-bond acceptors (Lipinski definition) is 2. The molecule has 2 aromatic rings. The third-order valence-electron chi connectivity index (χ3n) is 3.72. The highest BCUT2D eigenvalue weighted by atomic mass is 79.9. The highest BCUT2D eigenvalue weighted by molar-refractivity contribution is 9.10. The van der Waals surface area contributed by atoms with Crippen molar-refractivity contribution in [3.05, 3.63) is 68.7 Å². The molecule has 0 saturated heterocycles. The lowest BCUT2D eigenvalue weighted by Crippen LogP contribution is -2.30. The summed E-state index contributed by atoms with van der Waals surface area (Å²) in [4.78, 5) is 0. The summed E-state index contributed by atoms with van der Waals surface area (Å²) in [5.41, 5.74) is 9.50. The molecule has 0 radical (unpaired) electrons. The fourth-order valence-corrected chi connectivity index (χ4v) is 2.97. The van der Waals surface area contributed by atoms with Crippen molar-refractivity contribution in [1.29, 1.82) is 0 Å². The molecule has 3 heteroatoms. The first-order chi connectivity index (χ1) is 9.51. The number of aryl methyl sites for hydroxylation is 3. The summed E-state index contributed by atoms with van der Waals surface area (Å²) in [6, 6.07) is 12.9. The second-order valence-electron chi connectivity index (χ2n) is 5.35. The molecular weight excluding hydrogens is 312 g/mol. The van der Waals surface area contributed by atoms with E-state index in [-0.39, 0.29) is 6.04 Å². The molecule has 2 aromatic carbocycles. The van der Waals surface area contributed by atoms with E-state index in [1.807, 2.05) is 0 Å². The molecule has 2 rings (SSSR count). The molecule has 0 aliphatic heterocycles. The van der Waals surface area contributed by atoms with Gasteiger partial charge in [-0.15, -0.1) is 0 Å². The Morgan fingerprint density at radius 2 is 1.60 bits per heavy atom. The molecule has 2 nitrogen and oxygen atoms in total. The summed E-state index contributed by atoms with van der Waals surface area (Å²) in [6.45, 7) is 6.48. The topological polar surface area (TPSA) is 38.0 Å². The average molecular weight is 333 g/mol. The zero-order chi connectivity index (χ0) is 14.7. The van der Waals surface area contributed by atoms with Gasteiger partial charge >= 0.3 is 0 Å². The molecule has 20 heavy (non-hydrogen) atoms. The first-order valence-electron chi connectivity index (χ1n) is 6.79.